The van der Waals surface area contributed by atoms with E-state index in [2.05, 4.69) is 25.3 Å². The van der Waals surface area contributed by atoms with Crippen molar-refractivity contribution in [1.82, 2.24) is 20.3 Å². The lowest BCUT2D eigenvalue weighted by Gasteiger charge is -2.11. The molecule has 0 amide bonds. The van der Waals surface area contributed by atoms with Crippen molar-refractivity contribution in [3.05, 3.63) is 30.1 Å². The predicted octanol–water partition coefficient (Wildman–Crippen LogP) is 0.119. The summed E-state index contributed by atoms with van der Waals surface area (Å²) < 4.78 is 25.0. The van der Waals surface area contributed by atoms with Crippen LogP contribution in [0.15, 0.2) is 29.4 Å². The van der Waals surface area contributed by atoms with Crippen molar-refractivity contribution in [1.29, 1.82) is 0 Å². The van der Waals surface area contributed by atoms with E-state index in [1.807, 2.05) is 18.2 Å². The smallest absolute Gasteiger partial charge is 0.211 e. The molecule has 1 rings (SSSR count). The molecule has 0 aliphatic heterocycles. The molecule has 0 saturated carbocycles. The molecule has 1 aromatic rings. The number of nitrogens with one attached hydrogen (secondary N) is 3. The molecule has 0 radical (unpaired) electrons. The molecule has 0 aromatic carbocycles. The van der Waals surface area contributed by atoms with Gasteiger partial charge in [0.1, 0.15) is 0 Å². The zero-order valence-corrected chi connectivity index (χ0v) is 14.0. The topological polar surface area (TPSA) is 95.5 Å². The second-order valence-electron chi connectivity index (χ2n) is 4.65. The Balaban J connectivity index is 2.15. The van der Waals surface area contributed by atoms with Gasteiger partial charge in [-0.2, -0.15) is 0 Å². The molecule has 0 saturated heterocycles. The Bertz CT molecular complexity index is 546. The van der Waals surface area contributed by atoms with E-state index in [1.165, 1.54) is 0 Å². The summed E-state index contributed by atoms with van der Waals surface area (Å²) in [6.07, 6.45) is 3.29. The summed E-state index contributed by atoms with van der Waals surface area (Å²) >= 11 is 0. The van der Waals surface area contributed by atoms with Crippen LogP contribution in [0.3, 0.4) is 0 Å². The molecule has 0 atom stereocenters. The fraction of sp³-hybridized carbons (Fsp3) is 0.571. The van der Waals surface area contributed by atoms with Gasteiger partial charge >= 0.3 is 0 Å². The summed E-state index contributed by atoms with van der Waals surface area (Å²) in [6, 6.07) is 5.84. The van der Waals surface area contributed by atoms with Crippen LogP contribution in [0.2, 0.25) is 0 Å². The largest absolute Gasteiger partial charge is 0.356 e. The van der Waals surface area contributed by atoms with Crippen molar-refractivity contribution in [2.45, 2.75) is 19.8 Å². The third-order valence-corrected chi connectivity index (χ3v) is 4.38. The zero-order valence-electron chi connectivity index (χ0n) is 13.2. The van der Waals surface area contributed by atoms with Crippen LogP contribution in [0.1, 0.15) is 19.0 Å². The average molecular weight is 327 g/mol. The number of rotatable bonds is 9. The van der Waals surface area contributed by atoms with Crippen molar-refractivity contribution in [2.24, 2.45) is 4.99 Å². The van der Waals surface area contributed by atoms with Gasteiger partial charge in [-0.15, -0.1) is 0 Å². The van der Waals surface area contributed by atoms with Crippen LogP contribution in [0, 0.1) is 0 Å². The van der Waals surface area contributed by atoms with Gasteiger partial charge in [-0.3, -0.25) is 9.98 Å². The van der Waals surface area contributed by atoms with Crippen LogP contribution in [0.25, 0.3) is 0 Å². The van der Waals surface area contributed by atoms with E-state index in [0.717, 1.165) is 18.7 Å². The number of aromatic nitrogens is 1. The standard InChI is InChI=1S/C14H25N5O2S/c1-3-22(20,21)19-11-6-10-17-14(15-2)18-12-8-13-7-4-5-9-16-13/h4-5,7,9,19H,3,6,8,10-12H2,1-2H3,(H2,15,17,18). The molecule has 1 aromatic heterocycles. The molecule has 0 aliphatic rings. The molecule has 0 spiro atoms. The first-order chi connectivity index (χ1) is 10.6. The van der Waals surface area contributed by atoms with Gasteiger partial charge in [0.2, 0.25) is 10.0 Å². The zero-order chi connectivity index (χ0) is 16.3. The summed E-state index contributed by atoms with van der Waals surface area (Å²) in [5.41, 5.74) is 1.03. The maximum atomic E-state index is 11.3. The molecule has 0 unspecified atom stereocenters. The molecular weight excluding hydrogens is 302 g/mol. The van der Waals surface area contributed by atoms with Gasteiger partial charge in [-0.25, -0.2) is 13.1 Å². The van der Waals surface area contributed by atoms with Crippen LogP contribution in [0.5, 0.6) is 0 Å². The number of hydrogen-bond acceptors (Lipinski definition) is 4. The Hall–Kier alpha value is -1.67. The van der Waals surface area contributed by atoms with Crippen LogP contribution < -0.4 is 15.4 Å². The third-order valence-electron chi connectivity index (χ3n) is 2.97. The van der Waals surface area contributed by atoms with E-state index in [-0.39, 0.29) is 5.75 Å². The normalized spacial score (nSPS) is 12.2. The van der Waals surface area contributed by atoms with Crippen LogP contribution >= 0.6 is 0 Å². The monoisotopic (exact) mass is 327 g/mol. The molecule has 0 fully saturated rings. The molecule has 3 N–H and O–H groups in total. The fourth-order valence-corrected chi connectivity index (χ4v) is 2.36. The Kier molecular flexibility index (Phi) is 8.46. The first kappa shape index (κ1) is 18.4. The Morgan fingerprint density at radius 2 is 2.00 bits per heavy atom. The minimum absolute atomic E-state index is 0.108. The fourth-order valence-electron chi connectivity index (χ4n) is 1.70. The summed E-state index contributed by atoms with van der Waals surface area (Å²) in [5.74, 6) is 0.811. The van der Waals surface area contributed by atoms with Gasteiger partial charge in [0, 0.05) is 45.0 Å². The number of aliphatic imine (C=N–C) groups is 1. The van der Waals surface area contributed by atoms with Crippen LogP contribution in [-0.2, 0) is 16.4 Å². The maximum absolute atomic E-state index is 11.3. The Morgan fingerprint density at radius 3 is 2.64 bits per heavy atom. The SMILES string of the molecule is CCS(=O)(=O)NCCCNC(=NC)NCCc1ccccn1. The quantitative estimate of drug-likeness (QED) is 0.340. The van der Waals surface area contributed by atoms with Gasteiger partial charge < -0.3 is 10.6 Å². The number of pyridine rings is 1. The van der Waals surface area contributed by atoms with Crippen molar-refractivity contribution >= 4 is 16.0 Å². The van der Waals surface area contributed by atoms with E-state index in [9.17, 15) is 8.42 Å². The lowest BCUT2D eigenvalue weighted by atomic mass is 10.3. The highest BCUT2D eigenvalue weighted by molar-refractivity contribution is 7.89. The molecule has 8 heteroatoms. The van der Waals surface area contributed by atoms with Gasteiger partial charge in [-0.05, 0) is 25.5 Å². The summed E-state index contributed by atoms with van der Waals surface area (Å²) in [5, 5.41) is 6.34. The van der Waals surface area contributed by atoms with Crippen molar-refractivity contribution in [3.8, 4) is 0 Å². The second-order valence-corrected chi connectivity index (χ2v) is 6.74. The van der Waals surface area contributed by atoms with Gasteiger partial charge in [0.15, 0.2) is 5.96 Å². The minimum Gasteiger partial charge on any atom is -0.356 e. The Morgan fingerprint density at radius 1 is 1.23 bits per heavy atom. The molecule has 1 heterocycles. The van der Waals surface area contributed by atoms with Crippen LogP contribution in [-0.4, -0.2) is 51.8 Å². The first-order valence-corrected chi connectivity index (χ1v) is 9.04. The van der Waals surface area contributed by atoms with Crippen LogP contribution in [0.4, 0.5) is 0 Å². The van der Waals surface area contributed by atoms with E-state index < -0.39 is 10.0 Å². The number of hydrogen-bond donors (Lipinski definition) is 3. The van der Waals surface area contributed by atoms with E-state index >= 15 is 0 Å². The number of nitrogens with zero attached hydrogens (tertiary/aromatic N) is 2. The molecule has 124 valence electrons. The predicted molar refractivity (Wildman–Crippen MR) is 89.4 cm³/mol. The van der Waals surface area contributed by atoms with E-state index in [4.69, 9.17) is 0 Å². The molecule has 7 nitrogen and oxygen atoms in total. The minimum atomic E-state index is -3.10. The summed E-state index contributed by atoms with van der Waals surface area (Å²) in [4.78, 5) is 8.37. The highest BCUT2D eigenvalue weighted by atomic mass is 32.2. The highest BCUT2D eigenvalue weighted by Crippen LogP contribution is 1.92. The third kappa shape index (κ3) is 7.94. The van der Waals surface area contributed by atoms with E-state index in [1.54, 1.807) is 20.2 Å². The van der Waals surface area contributed by atoms with Crippen molar-refractivity contribution in [3.63, 3.8) is 0 Å². The lowest BCUT2D eigenvalue weighted by Crippen LogP contribution is -2.39. The van der Waals surface area contributed by atoms with E-state index in [0.29, 0.717) is 25.5 Å². The van der Waals surface area contributed by atoms with Crippen molar-refractivity contribution < 1.29 is 8.42 Å². The number of sulfonamides is 1. The molecule has 22 heavy (non-hydrogen) atoms. The summed E-state index contributed by atoms with van der Waals surface area (Å²) in [7, 11) is -1.40. The van der Waals surface area contributed by atoms with Gasteiger partial charge in [-0.1, -0.05) is 6.07 Å². The highest BCUT2D eigenvalue weighted by Gasteiger charge is 2.04. The molecular formula is C14H25N5O2S. The van der Waals surface area contributed by atoms with Gasteiger partial charge in [0.25, 0.3) is 0 Å². The first-order valence-electron chi connectivity index (χ1n) is 7.39. The lowest BCUT2D eigenvalue weighted by molar-refractivity contribution is 0.579. The Labute approximate surface area is 132 Å². The van der Waals surface area contributed by atoms with Gasteiger partial charge in [0.05, 0.1) is 5.75 Å². The molecule has 0 aliphatic carbocycles. The molecule has 0 bridgehead atoms. The van der Waals surface area contributed by atoms with Crippen molar-refractivity contribution in [2.75, 3.05) is 32.4 Å². The maximum Gasteiger partial charge on any atom is 0.211 e. The average Bonchev–Trinajstić information content (AvgIpc) is 2.53. The second kappa shape index (κ2) is 10.1. The summed E-state index contributed by atoms with van der Waals surface area (Å²) in [6.45, 7) is 3.43. The number of guanidine groups is 1.